The number of rotatable bonds is 6. The normalized spacial score (nSPS) is 12.5. The number of fused-ring (bicyclic) bond motifs is 6. The van der Waals surface area contributed by atoms with Gasteiger partial charge in [-0.2, -0.15) is 0 Å². The molecule has 2 aromatic carbocycles. The van der Waals surface area contributed by atoms with E-state index in [0.29, 0.717) is 9.75 Å². The van der Waals surface area contributed by atoms with Gasteiger partial charge in [-0.05, 0) is 73.1 Å². The minimum atomic E-state index is -0.521. The molecule has 0 unspecified atom stereocenters. The molecule has 0 fully saturated rings. The van der Waals surface area contributed by atoms with E-state index in [-0.39, 0.29) is 24.4 Å². The van der Waals surface area contributed by atoms with Gasteiger partial charge in [-0.1, -0.05) is 0 Å². The molecule has 4 heterocycles. The number of hydrogen-bond donors (Lipinski definition) is 0. The van der Waals surface area contributed by atoms with Crippen LogP contribution in [0, 0.1) is 0 Å². The zero-order chi connectivity index (χ0) is 24.8. The number of benzene rings is 2. The van der Waals surface area contributed by atoms with Crippen LogP contribution < -0.4 is 0 Å². The fourth-order valence-corrected chi connectivity index (χ4v) is 8.27. The summed E-state index contributed by atoms with van der Waals surface area (Å²) >= 11 is 6.35. The molecule has 0 bridgehead atoms. The highest BCUT2D eigenvalue weighted by Gasteiger charge is 2.29. The van der Waals surface area contributed by atoms with E-state index >= 15 is 0 Å². The molecule has 36 heavy (non-hydrogen) atoms. The van der Waals surface area contributed by atoms with E-state index in [4.69, 9.17) is 9.47 Å². The van der Waals surface area contributed by atoms with Gasteiger partial charge in [-0.3, -0.25) is 0 Å². The second-order valence-electron chi connectivity index (χ2n) is 8.03. The Labute approximate surface area is 223 Å². The van der Waals surface area contributed by atoms with Crippen LogP contribution in [-0.4, -0.2) is 25.2 Å². The smallest absolute Gasteiger partial charge is 0.340 e. The van der Waals surface area contributed by atoms with Gasteiger partial charge in [0.05, 0.1) is 24.4 Å². The monoisotopic (exact) mass is 548 g/mol. The predicted molar refractivity (Wildman–Crippen MR) is 154 cm³/mol. The molecular weight excluding hydrogens is 529 g/mol. The summed E-state index contributed by atoms with van der Waals surface area (Å²) in [7, 11) is 0. The molecule has 4 aromatic heterocycles. The first-order valence-electron chi connectivity index (χ1n) is 11.5. The van der Waals surface area contributed by atoms with E-state index in [9.17, 15) is 9.59 Å². The fraction of sp³-hybridized carbons (Fsp3) is 0.143. The van der Waals surface area contributed by atoms with E-state index in [1.807, 2.05) is 12.1 Å². The van der Waals surface area contributed by atoms with Crippen LogP contribution in [0.1, 0.15) is 23.6 Å². The first kappa shape index (κ1) is 23.4. The van der Waals surface area contributed by atoms with Crippen molar-refractivity contribution in [3.8, 4) is 0 Å². The summed E-state index contributed by atoms with van der Waals surface area (Å²) in [5.41, 5.74) is 0.515. The largest absolute Gasteiger partial charge is 0.462 e. The molecule has 0 aliphatic heterocycles. The van der Waals surface area contributed by atoms with Crippen LogP contribution in [0.25, 0.3) is 51.5 Å². The van der Waals surface area contributed by atoms with Gasteiger partial charge in [0.25, 0.3) is 0 Å². The highest BCUT2D eigenvalue weighted by molar-refractivity contribution is 7.22. The average molecular weight is 549 g/mol. The number of carbonyl (C=O) groups excluding carboxylic acids is 2. The molecule has 0 atom stereocenters. The van der Waals surface area contributed by atoms with Crippen molar-refractivity contribution in [2.75, 3.05) is 13.2 Å². The summed E-state index contributed by atoms with van der Waals surface area (Å²) in [6.45, 7) is 3.96. The molecule has 0 saturated carbocycles. The molecule has 8 heteroatoms. The molecule has 0 aliphatic rings. The quantitative estimate of drug-likeness (QED) is 0.154. The third kappa shape index (κ3) is 3.85. The van der Waals surface area contributed by atoms with E-state index in [2.05, 4.69) is 47.2 Å². The van der Waals surface area contributed by atoms with Gasteiger partial charge >= 0.3 is 11.9 Å². The third-order valence-corrected chi connectivity index (χ3v) is 9.97. The van der Waals surface area contributed by atoms with Crippen LogP contribution in [0.15, 0.2) is 59.3 Å². The van der Waals surface area contributed by atoms with E-state index in [0.717, 1.165) is 30.9 Å². The second kappa shape index (κ2) is 9.44. The van der Waals surface area contributed by atoms with Crippen LogP contribution >= 0.6 is 45.3 Å². The minimum absolute atomic E-state index is 0.208. The number of ether oxygens (including phenoxy) is 2. The Morgan fingerprint density at radius 3 is 1.44 bits per heavy atom. The molecule has 0 saturated heterocycles. The molecule has 0 aliphatic carbocycles. The number of hydrogen-bond acceptors (Lipinski definition) is 8. The summed E-state index contributed by atoms with van der Waals surface area (Å²) < 4.78 is 15.5. The zero-order valence-corrected chi connectivity index (χ0v) is 22.7. The lowest BCUT2D eigenvalue weighted by Crippen LogP contribution is -2.14. The summed E-state index contributed by atoms with van der Waals surface area (Å²) in [4.78, 5) is 28.3. The number of thiophene rings is 4. The molecular formula is C28H20O4S4. The minimum Gasteiger partial charge on any atom is -0.462 e. The van der Waals surface area contributed by atoms with Crippen molar-refractivity contribution in [2.45, 2.75) is 13.8 Å². The maximum Gasteiger partial charge on any atom is 0.340 e. The Bertz CT molecular complexity index is 1680. The highest BCUT2D eigenvalue weighted by Crippen LogP contribution is 2.43. The lowest BCUT2D eigenvalue weighted by Gasteiger charge is -2.12. The SMILES string of the molecule is CCOC(=O)/C(=C(\C(=O)OCC)c1cc2c(ccc3sccc32)s1)c1cc2c(ccc3sccc32)s1. The predicted octanol–water partition coefficient (Wildman–Crippen LogP) is 8.58. The van der Waals surface area contributed by atoms with E-state index < -0.39 is 11.9 Å². The Hall–Kier alpha value is -3.04. The topological polar surface area (TPSA) is 52.6 Å². The standard InChI is InChI=1S/C28H20O4S4/c1-3-31-27(29)25(23-13-17-15-9-11-33-19(15)5-7-21(17)35-23)26(28(30)32-4-2)24-14-18-16-10-12-34-20(16)6-8-22(18)36-24/h5-14H,3-4H2,1-2H3/b26-25-. The average Bonchev–Trinajstić information content (AvgIpc) is 3.65. The van der Waals surface area contributed by atoms with Gasteiger partial charge in [0.15, 0.2) is 0 Å². The van der Waals surface area contributed by atoms with Gasteiger partial charge in [-0.15, -0.1) is 45.3 Å². The Kier molecular flexibility index (Phi) is 6.13. The Morgan fingerprint density at radius 2 is 1.03 bits per heavy atom. The van der Waals surface area contributed by atoms with Crippen molar-refractivity contribution < 1.29 is 19.1 Å². The van der Waals surface area contributed by atoms with Crippen molar-refractivity contribution in [2.24, 2.45) is 0 Å². The van der Waals surface area contributed by atoms with Crippen molar-refractivity contribution in [3.05, 3.63) is 69.0 Å². The maximum atomic E-state index is 13.5. The summed E-state index contributed by atoms with van der Waals surface area (Å²) in [6.07, 6.45) is 0. The van der Waals surface area contributed by atoms with Crippen molar-refractivity contribution in [1.82, 2.24) is 0 Å². The van der Waals surface area contributed by atoms with Crippen molar-refractivity contribution >= 4 is 109 Å². The van der Waals surface area contributed by atoms with Gasteiger partial charge in [0, 0.05) is 50.1 Å². The Morgan fingerprint density at radius 1 is 0.611 bits per heavy atom. The van der Waals surface area contributed by atoms with Gasteiger partial charge < -0.3 is 9.47 Å². The third-order valence-electron chi connectivity index (χ3n) is 5.97. The highest BCUT2D eigenvalue weighted by atomic mass is 32.1. The van der Waals surface area contributed by atoms with Crippen LogP contribution in [0.2, 0.25) is 0 Å². The van der Waals surface area contributed by atoms with Crippen LogP contribution in [-0.2, 0) is 19.1 Å². The van der Waals surface area contributed by atoms with Crippen molar-refractivity contribution in [3.63, 3.8) is 0 Å². The van der Waals surface area contributed by atoms with Crippen LogP contribution in [0.5, 0.6) is 0 Å². The van der Waals surface area contributed by atoms with E-state index in [1.165, 1.54) is 32.1 Å². The maximum absolute atomic E-state index is 13.5. The Balaban J connectivity index is 1.65. The first-order valence-corrected chi connectivity index (χ1v) is 14.9. The molecule has 180 valence electrons. The van der Waals surface area contributed by atoms with Gasteiger partial charge in [0.2, 0.25) is 0 Å². The molecule has 6 aromatic rings. The van der Waals surface area contributed by atoms with Crippen LogP contribution in [0.4, 0.5) is 0 Å². The number of esters is 2. The number of carbonyl (C=O) groups is 2. The van der Waals surface area contributed by atoms with Crippen molar-refractivity contribution in [1.29, 1.82) is 0 Å². The van der Waals surface area contributed by atoms with Gasteiger partial charge in [-0.25, -0.2) is 9.59 Å². The lowest BCUT2D eigenvalue weighted by atomic mass is 10.0. The first-order chi connectivity index (χ1) is 17.6. The van der Waals surface area contributed by atoms with Gasteiger partial charge in [0.1, 0.15) is 0 Å². The molecule has 6 rings (SSSR count). The van der Waals surface area contributed by atoms with E-state index in [1.54, 1.807) is 36.5 Å². The van der Waals surface area contributed by atoms with Crippen LogP contribution in [0.3, 0.4) is 0 Å². The molecule has 4 nitrogen and oxygen atoms in total. The molecule has 0 radical (unpaired) electrons. The second-order valence-corrected chi connectivity index (χ2v) is 12.1. The fourth-order valence-electron chi connectivity index (χ4n) is 4.43. The summed E-state index contributed by atoms with van der Waals surface area (Å²) in [5.74, 6) is -1.04. The zero-order valence-electron chi connectivity index (χ0n) is 19.5. The summed E-state index contributed by atoms with van der Waals surface area (Å²) in [5, 5.41) is 8.54. The lowest BCUT2D eigenvalue weighted by molar-refractivity contribution is -0.138. The summed E-state index contributed by atoms with van der Waals surface area (Å²) in [6, 6.07) is 16.5. The molecule has 0 amide bonds. The molecule has 0 N–H and O–H groups in total. The molecule has 0 spiro atoms.